The number of aromatic nitrogens is 5. The Bertz CT molecular complexity index is 1340. The predicted octanol–water partition coefficient (Wildman–Crippen LogP) is 2.79. The molecule has 0 fully saturated rings. The SMILES string of the molecule is Cc1nnn(-c2nonc2N)c1C(=O)N/N=C\c1cc(Br)ccc1OCc1cccc(F)c1. The number of benzene rings is 2. The highest BCUT2D eigenvalue weighted by Gasteiger charge is 2.22. The average Bonchev–Trinajstić information content (AvgIpc) is 3.38. The fourth-order valence-corrected chi connectivity index (χ4v) is 3.24. The fourth-order valence-electron chi connectivity index (χ4n) is 2.86. The molecule has 3 N–H and O–H groups in total. The molecular formula is C20H16BrFN8O3. The Morgan fingerprint density at radius 2 is 2.18 bits per heavy atom. The lowest BCUT2D eigenvalue weighted by molar-refractivity contribution is 0.0946. The molecule has 2 heterocycles. The Labute approximate surface area is 194 Å². The summed E-state index contributed by atoms with van der Waals surface area (Å²) in [5, 5.41) is 18.8. The van der Waals surface area contributed by atoms with Gasteiger partial charge in [-0.2, -0.15) is 9.78 Å². The van der Waals surface area contributed by atoms with Crippen LogP contribution in [-0.4, -0.2) is 37.4 Å². The molecule has 0 saturated carbocycles. The second-order valence-corrected chi connectivity index (χ2v) is 7.62. The van der Waals surface area contributed by atoms with Gasteiger partial charge >= 0.3 is 0 Å². The van der Waals surface area contributed by atoms with E-state index in [9.17, 15) is 9.18 Å². The molecule has 1 amide bonds. The first-order valence-electron chi connectivity index (χ1n) is 9.43. The largest absolute Gasteiger partial charge is 0.488 e. The van der Waals surface area contributed by atoms with Crippen molar-refractivity contribution in [2.75, 3.05) is 5.73 Å². The van der Waals surface area contributed by atoms with Gasteiger partial charge < -0.3 is 10.5 Å². The number of hydrogen-bond donors (Lipinski definition) is 2. The van der Waals surface area contributed by atoms with Gasteiger partial charge in [0.15, 0.2) is 5.69 Å². The number of halogens is 2. The van der Waals surface area contributed by atoms with Crippen LogP contribution in [0.3, 0.4) is 0 Å². The number of nitrogens with one attached hydrogen (secondary N) is 1. The van der Waals surface area contributed by atoms with E-state index in [-0.39, 0.29) is 29.8 Å². The lowest BCUT2D eigenvalue weighted by Gasteiger charge is -2.10. The number of rotatable bonds is 7. The molecule has 2 aromatic carbocycles. The van der Waals surface area contributed by atoms with Crippen molar-refractivity contribution in [3.63, 3.8) is 0 Å². The summed E-state index contributed by atoms with van der Waals surface area (Å²) in [5.41, 5.74) is 9.73. The van der Waals surface area contributed by atoms with Crippen LogP contribution in [0.1, 0.15) is 27.3 Å². The van der Waals surface area contributed by atoms with Crippen molar-refractivity contribution in [3.8, 4) is 11.6 Å². The molecule has 0 unspecified atom stereocenters. The van der Waals surface area contributed by atoms with Crippen molar-refractivity contribution in [2.45, 2.75) is 13.5 Å². The third kappa shape index (κ3) is 5.03. The molecule has 11 nitrogen and oxygen atoms in total. The van der Waals surface area contributed by atoms with Crippen molar-refractivity contribution in [3.05, 3.63) is 75.3 Å². The van der Waals surface area contributed by atoms with Crippen LogP contribution in [0.5, 0.6) is 5.75 Å². The first-order valence-corrected chi connectivity index (χ1v) is 10.2. The highest BCUT2D eigenvalue weighted by molar-refractivity contribution is 9.10. The Morgan fingerprint density at radius 1 is 1.33 bits per heavy atom. The number of nitrogens with two attached hydrogens (primary N) is 1. The smallest absolute Gasteiger partial charge is 0.292 e. The van der Waals surface area contributed by atoms with Gasteiger partial charge in [-0.1, -0.05) is 33.3 Å². The average molecular weight is 515 g/mol. The van der Waals surface area contributed by atoms with Crippen molar-refractivity contribution in [1.29, 1.82) is 0 Å². The van der Waals surface area contributed by atoms with E-state index in [1.54, 1.807) is 37.3 Å². The maximum Gasteiger partial charge on any atom is 0.292 e. The maximum absolute atomic E-state index is 13.4. The van der Waals surface area contributed by atoms with Crippen LogP contribution in [0.25, 0.3) is 5.82 Å². The number of nitrogen functional groups attached to an aromatic ring is 1. The Kier molecular flexibility index (Phi) is 6.40. The molecule has 2 aromatic heterocycles. The Hall–Kier alpha value is -4.13. The van der Waals surface area contributed by atoms with Crippen molar-refractivity contribution < 1.29 is 18.6 Å². The minimum absolute atomic E-state index is 0.0322. The first-order chi connectivity index (χ1) is 15.9. The summed E-state index contributed by atoms with van der Waals surface area (Å²) in [5.74, 6) is -0.474. The fraction of sp³-hybridized carbons (Fsp3) is 0.100. The lowest BCUT2D eigenvalue weighted by Crippen LogP contribution is -2.22. The molecule has 168 valence electrons. The molecule has 0 aliphatic carbocycles. The van der Waals surface area contributed by atoms with E-state index in [0.717, 1.165) is 9.15 Å². The number of hydrazone groups is 1. The zero-order valence-corrected chi connectivity index (χ0v) is 18.7. The van der Waals surface area contributed by atoms with Gasteiger partial charge in [0.05, 0.1) is 11.9 Å². The lowest BCUT2D eigenvalue weighted by atomic mass is 10.2. The number of aryl methyl sites for hydroxylation is 1. The Balaban J connectivity index is 1.50. The topological polar surface area (TPSA) is 146 Å². The summed E-state index contributed by atoms with van der Waals surface area (Å²) in [4.78, 5) is 12.7. The van der Waals surface area contributed by atoms with Crippen molar-refractivity contribution >= 4 is 33.9 Å². The summed E-state index contributed by atoms with van der Waals surface area (Å²) in [6.07, 6.45) is 1.42. The number of amides is 1. The maximum atomic E-state index is 13.4. The first kappa shape index (κ1) is 22.1. The molecule has 0 saturated heterocycles. The van der Waals surface area contributed by atoms with Crippen LogP contribution in [0.4, 0.5) is 10.2 Å². The third-order valence-corrected chi connectivity index (χ3v) is 4.87. The van der Waals surface area contributed by atoms with Gasteiger partial charge in [0.1, 0.15) is 18.2 Å². The summed E-state index contributed by atoms with van der Waals surface area (Å²) in [6, 6.07) is 11.4. The molecule has 0 bridgehead atoms. The predicted molar refractivity (Wildman–Crippen MR) is 118 cm³/mol. The molecule has 0 aliphatic rings. The summed E-state index contributed by atoms with van der Waals surface area (Å²) in [6.45, 7) is 1.75. The van der Waals surface area contributed by atoms with Gasteiger partial charge in [-0.25, -0.2) is 14.4 Å². The number of carbonyl (C=O) groups excluding carboxylic acids is 1. The van der Waals surface area contributed by atoms with Crippen molar-refractivity contribution in [2.24, 2.45) is 5.10 Å². The van der Waals surface area contributed by atoms with Crippen LogP contribution < -0.4 is 15.9 Å². The molecule has 0 radical (unpaired) electrons. The van der Waals surface area contributed by atoms with Gasteiger partial charge in [-0.05, 0) is 53.1 Å². The van der Waals surface area contributed by atoms with Gasteiger partial charge in [0, 0.05) is 10.0 Å². The highest BCUT2D eigenvalue weighted by atomic mass is 79.9. The van der Waals surface area contributed by atoms with Crippen LogP contribution in [0.15, 0.2) is 56.7 Å². The van der Waals surface area contributed by atoms with Crippen LogP contribution in [0.2, 0.25) is 0 Å². The molecule has 4 rings (SSSR count). The molecule has 0 atom stereocenters. The summed E-state index contributed by atoms with van der Waals surface area (Å²) >= 11 is 3.39. The van der Waals surface area contributed by atoms with Gasteiger partial charge in [-0.15, -0.1) is 5.10 Å². The molecule has 0 spiro atoms. The number of anilines is 1. The van der Waals surface area contributed by atoms with Gasteiger partial charge in [0.25, 0.3) is 5.91 Å². The van der Waals surface area contributed by atoms with E-state index in [1.165, 1.54) is 18.3 Å². The minimum Gasteiger partial charge on any atom is -0.488 e. The monoisotopic (exact) mass is 514 g/mol. The third-order valence-electron chi connectivity index (χ3n) is 4.37. The highest BCUT2D eigenvalue weighted by Crippen LogP contribution is 2.23. The van der Waals surface area contributed by atoms with Gasteiger partial charge in [-0.3, -0.25) is 4.79 Å². The molecule has 0 aliphatic heterocycles. The second kappa shape index (κ2) is 9.56. The van der Waals surface area contributed by atoms with Crippen LogP contribution in [0, 0.1) is 12.7 Å². The standard InChI is InChI=1S/C20H16BrFN8O3/c1-11-17(30(29-25-11)19-18(23)27-33-28-19)20(31)26-24-9-13-8-14(21)5-6-16(13)32-10-12-3-2-4-15(22)7-12/h2-9H,10H2,1H3,(H2,23,27)(H,26,31)/b24-9-. The van der Waals surface area contributed by atoms with E-state index < -0.39 is 5.91 Å². The zero-order chi connectivity index (χ0) is 23.4. The number of ether oxygens (including phenoxy) is 1. The van der Waals surface area contributed by atoms with E-state index in [0.29, 0.717) is 22.6 Å². The van der Waals surface area contributed by atoms with E-state index in [2.05, 4.69) is 51.7 Å². The number of hydrogen-bond acceptors (Lipinski definition) is 9. The van der Waals surface area contributed by atoms with Crippen molar-refractivity contribution in [1.82, 2.24) is 30.7 Å². The van der Waals surface area contributed by atoms with E-state index in [4.69, 9.17) is 10.5 Å². The quantitative estimate of drug-likeness (QED) is 0.282. The summed E-state index contributed by atoms with van der Waals surface area (Å²) < 4.78 is 25.7. The zero-order valence-electron chi connectivity index (χ0n) is 17.1. The molecule has 13 heteroatoms. The van der Waals surface area contributed by atoms with Crippen LogP contribution in [-0.2, 0) is 6.61 Å². The van der Waals surface area contributed by atoms with E-state index >= 15 is 0 Å². The number of carbonyl (C=O) groups is 1. The van der Waals surface area contributed by atoms with E-state index in [1.807, 2.05) is 0 Å². The van der Waals surface area contributed by atoms with Gasteiger partial charge in [0.2, 0.25) is 11.6 Å². The normalized spacial score (nSPS) is 11.1. The second-order valence-electron chi connectivity index (χ2n) is 6.71. The Morgan fingerprint density at radius 3 is 2.94 bits per heavy atom. The summed E-state index contributed by atoms with van der Waals surface area (Å²) in [7, 11) is 0. The minimum atomic E-state index is -0.603. The molecule has 33 heavy (non-hydrogen) atoms. The molecule has 4 aromatic rings. The van der Waals surface area contributed by atoms with Crippen LogP contribution >= 0.6 is 15.9 Å². The number of nitrogens with zero attached hydrogens (tertiary/aromatic N) is 6. The molecular weight excluding hydrogens is 499 g/mol.